The average Bonchev–Trinajstić information content (AvgIpc) is 3.54. The molecule has 7 heteroatoms. The van der Waals surface area contributed by atoms with Gasteiger partial charge in [-0.05, 0) is 67.3 Å². The first kappa shape index (κ1) is 18.8. The lowest BCUT2D eigenvalue weighted by atomic mass is 9.79. The van der Waals surface area contributed by atoms with Crippen molar-refractivity contribution in [3.63, 3.8) is 0 Å². The smallest absolute Gasteiger partial charge is 0.274 e. The molecule has 0 atom stereocenters. The van der Waals surface area contributed by atoms with Crippen molar-refractivity contribution < 1.29 is 14.3 Å². The molecule has 6 rings (SSSR count). The van der Waals surface area contributed by atoms with Crippen LogP contribution in [-0.2, 0) is 16.8 Å². The number of imidazole rings is 1. The third kappa shape index (κ3) is 3.47. The summed E-state index contributed by atoms with van der Waals surface area (Å²) in [5, 5.41) is 0. The number of ether oxygens (including phenoxy) is 2. The lowest BCUT2D eigenvalue weighted by Crippen LogP contribution is -2.48. The number of benzene rings is 1. The quantitative estimate of drug-likeness (QED) is 0.651. The van der Waals surface area contributed by atoms with Crippen molar-refractivity contribution in [3.8, 4) is 5.75 Å². The second kappa shape index (κ2) is 7.34. The van der Waals surface area contributed by atoms with Crippen LogP contribution in [0.1, 0.15) is 47.3 Å². The maximum absolute atomic E-state index is 13.0. The molecule has 0 N–H and O–H groups in total. The van der Waals surface area contributed by atoms with E-state index in [1.54, 1.807) is 16.8 Å². The molecular weight excluding hydrogens is 392 g/mol. The highest BCUT2D eigenvalue weighted by molar-refractivity contribution is 5.92. The maximum Gasteiger partial charge on any atom is 0.274 e. The number of hydrogen-bond donors (Lipinski definition) is 0. The molecule has 3 aromatic rings. The Labute approximate surface area is 181 Å². The molecule has 1 aromatic carbocycles. The molecule has 1 saturated carbocycles. The molecule has 2 fully saturated rings. The van der Waals surface area contributed by atoms with Crippen molar-refractivity contribution in [1.82, 2.24) is 19.3 Å². The zero-order valence-electron chi connectivity index (χ0n) is 17.5. The van der Waals surface area contributed by atoms with Crippen molar-refractivity contribution in [1.29, 1.82) is 0 Å². The van der Waals surface area contributed by atoms with E-state index in [1.807, 2.05) is 17.2 Å². The van der Waals surface area contributed by atoms with Gasteiger partial charge in [-0.3, -0.25) is 9.20 Å². The summed E-state index contributed by atoms with van der Waals surface area (Å²) in [7, 11) is 0. The minimum Gasteiger partial charge on any atom is -0.493 e. The molecule has 7 nitrogen and oxygen atoms in total. The van der Waals surface area contributed by atoms with Gasteiger partial charge < -0.3 is 14.4 Å². The van der Waals surface area contributed by atoms with E-state index in [2.05, 4.69) is 28.2 Å². The number of piperidine rings is 1. The lowest BCUT2D eigenvalue weighted by molar-refractivity contribution is -0.0935. The first-order chi connectivity index (χ1) is 15.2. The molecule has 160 valence electrons. The van der Waals surface area contributed by atoms with Gasteiger partial charge in [0.05, 0.1) is 18.8 Å². The fourth-order valence-corrected chi connectivity index (χ4v) is 4.82. The summed E-state index contributed by atoms with van der Waals surface area (Å²) in [4.78, 5) is 23.5. The molecule has 31 heavy (non-hydrogen) atoms. The number of aromatic nitrogens is 3. The summed E-state index contributed by atoms with van der Waals surface area (Å²) < 4.78 is 14.1. The van der Waals surface area contributed by atoms with Crippen molar-refractivity contribution in [2.75, 3.05) is 26.3 Å². The molecule has 1 amide bonds. The Hall–Kier alpha value is -2.93. The van der Waals surface area contributed by atoms with Gasteiger partial charge in [-0.15, -0.1) is 0 Å². The zero-order chi connectivity index (χ0) is 20.8. The van der Waals surface area contributed by atoms with Crippen LogP contribution in [-0.4, -0.2) is 51.5 Å². The van der Waals surface area contributed by atoms with Crippen LogP contribution in [0.3, 0.4) is 0 Å². The largest absolute Gasteiger partial charge is 0.493 e. The predicted molar refractivity (Wildman–Crippen MR) is 114 cm³/mol. The number of hydrogen-bond acceptors (Lipinski definition) is 5. The Morgan fingerprint density at radius 2 is 2.13 bits per heavy atom. The molecule has 3 aliphatic rings. The summed E-state index contributed by atoms with van der Waals surface area (Å²) in [6.07, 6.45) is 10.4. The van der Waals surface area contributed by atoms with Gasteiger partial charge in [0.25, 0.3) is 5.91 Å². The van der Waals surface area contributed by atoms with Crippen molar-refractivity contribution in [2.24, 2.45) is 5.92 Å². The number of nitrogens with zero attached hydrogens (tertiary/aromatic N) is 4. The van der Waals surface area contributed by atoms with E-state index in [1.165, 1.54) is 24.0 Å². The second-order valence-corrected chi connectivity index (χ2v) is 8.91. The van der Waals surface area contributed by atoms with E-state index < -0.39 is 0 Å². The van der Waals surface area contributed by atoms with Crippen LogP contribution < -0.4 is 4.74 Å². The molecule has 0 bridgehead atoms. The SMILES string of the molecule is O=C(c1cn2cccnc2n1)N1CCC2(CC1)OCCc1cc(OCC3CC3)ccc12. The fourth-order valence-electron chi connectivity index (χ4n) is 4.82. The van der Waals surface area contributed by atoms with Crippen LogP contribution in [0.4, 0.5) is 0 Å². The summed E-state index contributed by atoms with van der Waals surface area (Å²) in [6.45, 7) is 2.85. The number of fused-ring (bicyclic) bond motifs is 3. The van der Waals surface area contributed by atoms with Crippen LogP contribution in [0.15, 0.2) is 42.9 Å². The predicted octanol–water partition coefficient (Wildman–Crippen LogP) is 3.22. The first-order valence-corrected chi connectivity index (χ1v) is 11.2. The number of carbonyl (C=O) groups excluding carboxylic acids is 1. The van der Waals surface area contributed by atoms with E-state index >= 15 is 0 Å². The van der Waals surface area contributed by atoms with Crippen molar-refractivity contribution in [2.45, 2.75) is 37.7 Å². The minimum absolute atomic E-state index is 0.0415. The number of rotatable bonds is 4. The molecule has 1 spiro atoms. The molecular formula is C24H26N4O3. The van der Waals surface area contributed by atoms with E-state index in [0.29, 0.717) is 31.2 Å². The highest BCUT2D eigenvalue weighted by Crippen LogP contribution is 2.43. The zero-order valence-corrected chi connectivity index (χ0v) is 17.5. The first-order valence-electron chi connectivity index (χ1n) is 11.2. The number of likely N-dealkylation sites (tertiary alicyclic amines) is 1. The third-order valence-corrected chi connectivity index (χ3v) is 6.81. The van der Waals surface area contributed by atoms with Gasteiger partial charge >= 0.3 is 0 Å². The Morgan fingerprint density at radius 3 is 2.94 bits per heavy atom. The van der Waals surface area contributed by atoms with Gasteiger partial charge in [-0.2, -0.15) is 0 Å². The highest BCUT2D eigenvalue weighted by atomic mass is 16.5. The molecule has 2 aromatic heterocycles. The molecule has 0 radical (unpaired) electrons. The van der Waals surface area contributed by atoms with Gasteiger partial charge in [0, 0.05) is 31.7 Å². The van der Waals surface area contributed by atoms with Crippen LogP contribution >= 0.6 is 0 Å². The maximum atomic E-state index is 13.0. The Bertz CT molecular complexity index is 1100. The Balaban J connectivity index is 1.17. The highest BCUT2D eigenvalue weighted by Gasteiger charge is 2.42. The molecule has 0 unspecified atom stereocenters. The normalized spacial score (nSPS) is 20.1. The average molecular weight is 418 g/mol. The second-order valence-electron chi connectivity index (χ2n) is 8.91. The van der Waals surface area contributed by atoms with E-state index in [0.717, 1.165) is 37.5 Å². The monoisotopic (exact) mass is 418 g/mol. The summed E-state index contributed by atoms with van der Waals surface area (Å²) in [6, 6.07) is 8.29. The van der Waals surface area contributed by atoms with Crippen LogP contribution in [0, 0.1) is 5.92 Å². The van der Waals surface area contributed by atoms with Crippen LogP contribution in [0.5, 0.6) is 5.75 Å². The molecule has 4 heterocycles. The summed E-state index contributed by atoms with van der Waals surface area (Å²) >= 11 is 0. The standard InChI is InChI=1S/C24H26N4O3/c29-22(21-15-28-10-1-9-25-23(28)26-21)27-11-7-24(8-12-27)20-5-4-19(30-16-17-2-3-17)14-18(20)6-13-31-24/h1,4-5,9-10,14-15,17H,2-3,6-8,11-13,16H2. The van der Waals surface area contributed by atoms with Crippen LogP contribution in [0.2, 0.25) is 0 Å². The van der Waals surface area contributed by atoms with Crippen molar-refractivity contribution in [3.05, 3.63) is 59.7 Å². The van der Waals surface area contributed by atoms with Crippen molar-refractivity contribution >= 4 is 11.7 Å². The summed E-state index contributed by atoms with van der Waals surface area (Å²) in [5.74, 6) is 2.22. The van der Waals surface area contributed by atoms with Gasteiger partial charge in [-0.25, -0.2) is 9.97 Å². The van der Waals surface area contributed by atoms with Gasteiger partial charge in [0.15, 0.2) is 0 Å². The third-order valence-electron chi connectivity index (χ3n) is 6.81. The number of amides is 1. The summed E-state index contributed by atoms with van der Waals surface area (Å²) in [5.41, 5.74) is 2.73. The minimum atomic E-state index is -0.306. The van der Waals surface area contributed by atoms with Gasteiger partial charge in [-0.1, -0.05) is 6.07 Å². The van der Waals surface area contributed by atoms with E-state index in [9.17, 15) is 4.79 Å². The fraction of sp³-hybridized carbons (Fsp3) is 0.458. The topological polar surface area (TPSA) is 69.0 Å². The molecule has 2 aliphatic heterocycles. The van der Waals surface area contributed by atoms with Gasteiger partial charge in [0.2, 0.25) is 5.78 Å². The molecule has 1 saturated heterocycles. The molecule has 1 aliphatic carbocycles. The van der Waals surface area contributed by atoms with Gasteiger partial charge in [0.1, 0.15) is 11.4 Å². The van der Waals surface area contributed by atoms with E-state index in [4.69, 9.17) is 9.47 Å². The lowest BCUT2D eigenvalue weighted by Gasteiger charge is -2.45. The van der Waals surface area contributed by atoms with Crippen LogP contribution in [0.25, 0.3) is 5.78 Å². The number of carbonyl (C=O) groups is 1. The Kier molecular flexibility index (Phi) is 4.45. The Morgan fingerprint density at radius 1 is 1.26 bits per heavy atom. The van der Waals surface area contributed by atoms with E-state index in [-0.39, 0.29) is 11.5 Å².